The number of hydrogen-bond donors (Lipinski definition) is 2. The summed E-state index contributed by atoms with van der Waals surface area (Å²) < 4.78 is 11.6. The minimum Gasteiger partial charge on any atom is -0.347 e. The molecule has 2 atom stereocenters. The Morgan fingerprint density at radius 1 is 1.06 bits per heavy atom. The number of hydrogen-bond acceptors (Lipinski definition) is 7. The van der Waals surface area contributed by atoms with Crippen molar-refractivity contribution in [1.29, 1.82) is 5.26 Å². The fourth-order valence-corrected chi connectivity index (χ4v) is 5.35. The maximum atomic E-state index is 13.4. The summed E-state index contributed by atoms with van der Waals surface area (Å²) in [6.07, 6.45) is 1.32. The van der Waals surface area contributed by atoms with Crippen LogP contribution in [0.2, 0.25) is 0 Å². The molecular weight excluding hydrogens is 434 g/mol. The van der Waals surface area contributed by atoms with E-state index in [0.29, 0.717) is 50.7 Å². The molecule has 2 N–H and O–H groups in total. The Morgan fingerprint density at radius 3 is 2.56 bits per heavy atom. The highest BCUT2D eigenvalue weighted by atomic mass is 16.7. The summed E-state index contributed by atoms with van der Waals surface area (Å²) in [7, 11) is 0. The summed E-state index contributed by atoms with van der Waals surface area (Å²) in [5.74, 6) is -2.17. The van der Waals surface area contributed by atoms with E-state index in [-0.39, 0.29) is 11.4 Å². The second-order valence-corrected chi connectivity index (χ2v) is 8.89. The number of nitrogens with one attached hydrogen (secondary N) is 2. The molecule has 2 aromatic carbocycles. The molecular formula is C25H23N5O4. The van der Waals surface area contributed by atoms with Gasteiger partial charge < -0.3 is 19.7 Å². The molecule has 0 bridgehead atoms. The monoisotopic (exact) mass is 457 g/mol. The lowest BCUT2D eigenvalue weighted by Gasteiger charge is -2.38. The van der Waals surface area contributed by atoms with Gasteiger partial charge in [-0.25, -0.2) is 0 Å². The molecule has 1 amide bonds. The van der Waals surface area contributed by atoms with E-state index in [1.54, 1.807) is 0 Å². The van der Waals surface area contributed by atoms with Crippen LogP contribution in [-0.4, -0.2) is 48.0 Å². The van der Waals surface area contributed by atoms with E-state index in [1.807, 2.05) is 47.4 Å². The number of H-pyrrole nitrogens is 1. The minimum absolute atomic E-state index is 0.210. The number of nitrogens with zero attached hydrogens (tertiary/aromatic N) is 3. The molecule has 0 saturated carbocycles. The third-order valence-corrected chi connectivity index (χ3v) is 7.05. The zero-order chi connectivity index (χ0) is 23.3. The number of fused-ring (bicyclic) bond motifs is 2. The summed E-state index contributed by atoms with van der Waals surface area (Å²) in [5.41, 5.74) is 0.713. The van der Waals surface area contributed by atoms with Crippen LogP contribution in [0.1, 0.15) is 29.9 Å². The van der Waals surface area contributed by atoms with Crippen LogP contribution in [0.15, 0.2) is 47.3 Å². The largest absolute Gasteiger partial charge is 0.347 e. The fourth-order valence-electron chi connectivity index (χ4n) is 5.35. The van der Waals surface area contributed by atoms with Gasteiger partial charge in [0, 0.05) is 31.8 Å². The van der Waals surface area contributed by atoms with Gasteiger partial charge in [-0.15, -0.1) is 0 Å². The number of benzene rings is 2. The predicted octanol–water partition coefficient (Wildman–Crippen LogP) is 2.49. The fraction of sp³-hybridized carbons (Fsp3) is 0.360. The molecule has 9 heteroatoms. The van der Waals surface area contributed by atoms with Crippen molar-refractivity contribution in [2.24, 2.45) is 5.92 Å². The van der Waals surface area contributed by atoms with Crippen molar-refractivity contribution in [1.82, 2.24) is 9.97 Å². The van der Waals surface area contributed by atoms with Crippen molar-refractivity contribution in [3.8, 4) is 6.07 Å². The van der Waals surface area contributed by atoms with E-state index in [2.05, 4.69) is 21.4 Å². The van der Waals surface area contributed by atoms with E-state index in [1.165, 1.54) is 0 Å². The molecule has 1 spiro atoms. The Balaban J connectivity index is 1.42. The summed E-state index contributed by atoms with van der Waals surface area (Å²) in [4.78, 5) is 35.9. The van der Waals surface area contributed by atoms with Crippen molar-refractivity contribution in [3.63, 3.8) is 0 Å². The maximum Gasteiger partial charge on any atom is 0.258 e. The number of aromatic nitrogens is 2. The van der Waals surface area contributed by atoms with Crippen molar-refractivity contribution in [2.75, 3.05) is 36.5 Å². The van der Waals surface area contributed by atoms with Gasteiger partial charge in [0.15, 0.2) is 5.79 Å². The quantitative estimate of drug-likeness (QED) is 0.607. The first-order valence-corrected chi connectivity index (χ1v) is 11.4. The average Bonchev–Trinajstić information content (AvgIpc) is 3.31. The van der Waals surface area contributed by atoms with Crippen LogP contribution in [0.3, 0.4) is 0 Å². The zero-order valence-corrected chi connectivity index (χ0v) is 18.4. The van der Waals surface area contributed by atoms with Crippen molar-refractivity contribution >= 4 is 28.4 Å². The van der Waals surface area contributed by atoms with Crippen molar-refractivity contribution in [2.45, 2.75) is 24.5 Å². The molecule has 9 nitrogen and oxygen atoms in total. The SMILES string of the molecule is N#CC1C(=O)Nc2nc(N3CCC4(CC3)OCCO4)[nH]c(=O)c2C1c1cccc2ccccc12. The minimum atomic E-state index is -1.04. The first-order chi connectivity index (χ1) is 16.6. The second kappa shape index (κ2) is 7.94. The van der Waals surface area contributed by atoms with E-state index in [4.69, 9.17) is 9.47 Å². The molecule has 3 aliphatic rings. The number of amides is 1. The topological polar surface area (TPSA) is 120 Å². The van der Waals surface area contributed by atoms with Gasteiger partial charge in [-0.2, -0.15) is 10.2 Å². The molecule has 2 fully saturated rings. The smallest absolute Gasteiger partial charge is 0.258 e. The highest BCUT2D eigenvalue weighted by Gasteiger charge is 2.43. The number of rotatable bonds is 2. The molecule has 172 valence electrons. The lowest BCUT2D eigenvalue weighted by atomic mass is 9.77. The molecule has 4 heterocycles. The van der Waals surface area contributed by atoms with Crippen molar-refractivity contribution < 1.29 is 14.3 Å². The van der Waals surface area contributed by atoms with Crippen LogP contribution in [0.4, 0.5) is 11.8 Å². The van der Waals surface area contributed by atoms with Crippen molar-refractivity contribution in [3.05, 3.63) is 63.9 Å². The number of nitriles is 1. The van der Waals surface area contributed by atoms with Crippen LogP contribution in [0.5, 0.6) is 0 Å². The highest BCUT2D eigenvalue weighted by Crippen LogP contribution is 2.41. The molecule has 34 heavy (non-hydrogen) atoms. The summed E-state index contributed by atoms with van der Waals surface area (Å²) in [6, 6.07) is 15.6. The third-order valence-electron chi connectivity index (χ3n) is 7.05. The van der Waals surface area contributed by atoms with Gasteiger partial charge in [0.05, 0.1) is 24.8 Å². The molecule has 3 aliphatic heterocycles. The van der Waals surface area contributed by atoms with Crippen LogP contribution in [0.25, 0.3) is 10.8 Å². The number of piperidine rings is 1. The first kappa shape index (κ1) is 20.8. The van der Waals surface area contributed by atoms with Gasteiger partial charge >= 0.3 is 0 Å². The lowest BCUT2D eigenvalue weighted by molar-refractivity contribution is -0.169. The summed E-state index contributed by atoms with van der Waals surface area (Å²) in [6.45, 7) is 2.39. The second-order valence-electron chi connectivity index (χ2n) is 8.89. The van der Waals surface area contributed by atoms with Gasteiger partial charge in [0.2, 0.25) is 11.9 Å². The van der Waals surface area contributed by atoms with E-state index in [0.717, 1.165) is 16.3 Å². The van der Waals surface area contributed by atoms with E-state index in [9.17, 15) is 14.9 Å². The number of aromatic amines is 1. The van der Waals surface area contributed by atoms with Gasteiger partial charge in [-0.05, 0) is 16.3 Å². The average molecular weight is 457 g/mol. The summed E-state index contributed by atoms with van der Waals surface area (Å²) in [5, 5.41) is 14.5. The Hall–Kier alpha value is -3.74. The Kier molecular flexibility index (Phi) is 4.86. The maximum absolute atomic E-state index is 13.4. The molecule has 0 radical (unpaired) electrons. The van der Waals surface area contributed by atoms with Gasteiger partial charge in [-0.1, -0.05) is 42.5 Å². The Labute approximate surface area is 195 Å². The molecule has 1 aromatic heterocycles. The van der Waals surface area contributed by atoms with Crippen LogP contribution >= 0.6 is 0 Å². The number of carbonyl (C=O) groups is 1. The Morgan fingerprint density at radius 2 is 1.79 bits per heavy atom. The van der Waals surface area contributed by atoms with Crippen LogP contribution < -0.4 is 15.8 Å². The number of carbonyl (C=O) groups excluding carboxylic acids is 1. The van der Waals surface area contributed by atoms with Gasteiger partial charge in [0.1, 0.15) is 11.7 Å². The van der Waals surface area contributed by atoms with E-state index >= 15 is 0 Å². The molecule has 2 unspecified atom stereocenters. The molecule has 6 rings (SSSR count). The standard InChI is InChI=1S/C25H23N5O4/c26-14-18-19(17-7-3-5-15-4-1-2-6-16(15)17)20-21(27-22(18)31)28-24(29-23(20)32)30-10-8-25(9-11-30)33-12-13-34-25/h1-7,18-19H,8-13H2,(H2,27,28,29,31,32). The third kappa shape index (κ3) is 3.26. The predicted molar refractivity (Wildman–Crippen MR) is 124 cm³/mol. The van der Waals surface area contributed by atoms with E-state index < -0.39 is 23.5 Å². The number of ether oxygens (including phenoxy) is 2. The molecule has 3 aromatic rings. The summed E-state index contributed by atoms with van der Waals surface area (Å²) >= 11 is 0. The lowest BCUT2D eigenvalue weighted by Crippen LogP contribution is -2.46. The Bertz CT molecular complexity index is 1370. The van der Waals surface area contributed by atoms with Gasteiger partial charge in [0.25, 0.3) is 5.56 Å². The highest BCUT2D eigenvalue weighted by molar-refractivity contribution is 5.99. The zero-order valence-electron chi connectivity index (χ0n) is 18.4. The number of anilines is 2. The van der Waals surface area contributed by atoms with Crippen LogP contribution in [-0.2, 0) is 14.3 Å². The molecule has 2 saturated heterocycles. The van der Waals surface area contributed by atoms with Crippen LogP contribution in [0, 0.1) is 17.2 Å². The molecule has 0 aliphatic carbocycles. The first-order valence-electron chi connectivity index (χ1n) is 11.4. The van der Waals surface area contributed by atoms with Gasteiger partial charge in [-0.3, -0.25) is 14.6 Å². The normalized spacial score (nSPS) is 23.5.